The zero-order valence-corrected chi connectivity index (χ0v) is 14.6. The van der Waals surface area contributed by atoms with E-state index in [9.17, 15) is 14.7 Å². The highest BCUT2D eigenvalue weighted by Crippen LogP contribution is 2.33. The summed E-state index contributed by atoms with van der Waals surface area (Å²) in [6.45, 7) is 1.69. The number of hydrogen-bond donors (Lipinski definition) is 1. The van der Waals surface area contributed by atoms with Gasteiger partial charge in [0.2, 0.25) is 0 Å². The predicted molar refractivity (Wildman–Crippen MR) is 90.6 cm³/mol. The molecule has 1 aromatic carbocycles. The van der Waals surface area contributed by atoms with Crippen molar-refractivity contribution in [3.8, 4) is 0 Å². The molecular formula is C17H19Cl2NO4. The van der Waals surface area contributed by atoms with Gasteiger partial charge in [0, 0.05) is 25.3 Å². The van der Waals surface area contributed by atoms with Crippen LogP contribution in [0, 0.1) is 11.8 Å². The van der Waals surface area contributed by atoms with Gasteiger partial charge in [-0.3, -0.25) is 9.59 Å². The number of carbonyl (C=O) groups is 2. The minimum absolute atomic E-state index is 0.0749. The van der Waals surface area contributed by atoms with Crippen molar-refractivity contribution in [1.29, 1.82) is 0 Å². The molecule has 0 radical (unpaired) electrons. The van der Waals surface area contributed by atoms with E-state index in [-0.39, 0.29) is 17.9 Å². The fourth-order valence-electron chi connectivity index (χ4n) is 3.58. The number of nitrogens with zero attached hydrogens (tertiary/aromatic N) is 1. The third-order valence-corrected chi connectivity index (χ3v) is 5.65. The van der Waals surface area contributed by atoms with Gasteiger partial charge >= 0.3 is 5.97 Å². The molecule has 2 aliphatic heterocycles. The summed E-state index contributed by atoms with van der Waals surface area (Å²) in [6, 6.07) is 4.87. The van der Waals surface area contributed by atoms with Crippen LogP contribution in [-0.2, 0) is 9.53 Å². The summed E-state index contributed by atoms with van der Waals surface area (Å²) in [5.74, 6) is -1.10. The van der Waals surface area contributed by atoms with Gasteiger partial charge in [0.25, 0.3) is 5.91 Å². The molecule has 0 bridgehead atoms. The lowest BCUT2D eigenvalue weighted by Gasteiger charge is -2.35. The average Bonchev–Trinajstić information content (AvgIpc) is 3.07. The van der Waals surface area contributed by atoms with E-state index in [1.165, 1.54) is 0 Å². The molecule has 2 atom stereocenters. The first-order valence-electron chi connectivity index (χ1n) is 8.06. The number of aliphatic carboxylic acids is 1. The van der Waals surface area contributed by atoms with Crippen LogP contribution in [0.4, 0.5) is 0 Å². The van der Waals surface area contributed by atoms with Gasteiger partial charge in [-0.25, -0.2) is 0 Å². The number of carbonyl (C=O) groups excluding carboxylic acids is 1. The van der Waals surface area contributed by atoms with Gasteiger partial charge in [-0.15, -0.1) is 0 Å². The Bertz CT molecular complexity index is 643. The number of carboxylic acids is 1. The summed E-state index contributed by atoms with van der Waals surface area (Å²) in [7, 11) is 0. The van der Waals surface area contributed by atoms with E-state index in [0.717, 1.165) is 12.8 Å². The Morgan fingerprint density at radius 2 is 1.83 bits per heavy atom. The SMILES string of the molecule is O=C(O)C1CCO[C@H]1C1CCN(C(=O)c2ccc(Cl)c(Cl)c2)CC1. The van der Waals surface area contributed by atoms with Crippen LogP contribution in [0.3, 0.4) is 0 Å². The number of amides is 1. The number of ether oxygens (including phenoxy) is 1. The summed E-state index contributed by atoms with van der Waals surface area (Å²) in [4.78, 5) is 25.6. The molecule has 1 amide bonds. The van der Waals surface area contributed by atoms with Crippen molar-refractivity contribution in [3.63, 3.8) is 0 Å². The van der Waals surface area contributed by atoms with E-state index in [4.69, 9.17) is 27.9 Å². The van der Waals surface area contributed by atoms with Gasteiger partial charge < -0.3 is 14.7 Å². The first kappa shape index (κ1) is 17.5. The molecule has 0 aliphatic carbocycles. The molecule has 0 aromatic heterocycles. The lowest BCUT2D eigenvalue weighted by atomic mass is 9.84. The van der Waals surface area contributed by atoms with E-state index in [2.05, 4.69) is 0 Å². The molecule has 7 heteroatoms. The predicted octanol–water partition coefficient (Wildman–Crippen LogP) is 3.34. The Labute approximate surface area is 150 Å². The molecule has 24 heavy (non-hydrogen) atoms. The van der Waals surface area contributed by atoms with E-state index < -0.39 is 11.9 Å². The van der Waals surface area contributed by atoms with Crippen molar-refractivity contribution in [2.45, 2.75) is 25.4 Å². The largest absolute Gasteiger partial charge is 0.481 e. The minimum Gasteiger partial charge on any atom is -0.481 e. The minimum atomic E-state index is -0.785. The number of halogens is 2. The second-order valence-electron chi connectivity index (χ2n) is 6.33. The zero-order valence-electron chi connectivity index (χ0n) is 13.1. The maximum absolute atomic E-state index is 12.6. The topological polar surface area (TPSA) is 66.8 Å². The number of likely N-dealkylation sites (tertiary alicyclic amines) is 1. The smallest absolute Gasteiger partial charge is 0.309 e. The molecule has 2 saturated heterocycles. The zero-order chi connectivity index (χ0) is 17.3. The first-order valence-corrected chi connectivity index (χ1v) is 8.81. The van der Waals surface area contributed by atoms with Gasteiger partial charge in [0.15, 0.2) is 0 Å². The van der Waals surface area contributed by atoms with Crippen LogP contribution in [-0.4, -0.2) is 47.7 Å². The van der Waals surface area contributed by atoms with Crippen LogP contribution in [0.2, 0.25) is 10.0 Å². The Morgan fingerprint density at radius 3 is 2.46 bits per heavy atom. The summed E-state index contributed by atoms with van der Waals surface area (Å²) < 4.78 is 5.66. The lowest BCUT2D eigenvalue weighted by Crippen LogP contribution is -2.43. The van der Waals surface area contributed by atoms with Crippen LogP contribution in [0.5, 0.6) is 0 Å². The summed E-state index contributed by atoms with van der Waals surface area (Å²) in [5, 5.41) is 10.1. The molecule has 130 valence electrons. The van der Waals surface area contributed by atoms with Gasteiger partial charge in [-0.1, -0.05) is 23.2 Å². The summed E-state index contributed by atoms with van der Waals surface area (Å²) in [5.41, 5.74) is 0.517. The number of hydrogen-bond acceptors (Lipinski definition) is 3. The van der Waals surface area contributed by atoms with Gasteiger partial charge in [0.05, 0.1) is 22.1 Å². The fraction of sp³-hybridized carbons (Fsp3) is 0.529. The highest BCUT2D eigenvalue weighted by atomic mass is 35.5. The van der Waals surface area contributed by atoms with Crippen LogP contribution in [0.15, 0.2) is 18.2 Å². The highest BCUT2D eigenvalue weighted by molar-refractivity contribution is 6.42. The Balaban J connectivity index is 1.61. The maximum atomic E-state index is 12.6. The van der Waals surface area contributed by atoms with E-state index in [1.807, 2.05) is 0 Å². The van der Waals surface area contributed by atoms with E-state index in [1.54, 1.807) is 23.1 Å². The number of rotatable bonds is 3. The van der Waals surface area contributed by atoms with Crippen LogP contribution in [0.25, 0.3) is 0 Å². The third kappa shape index (κ3) is 3.53. The Hall–Kier alpha value is -1.30. The molecule has 2 aliphatic rings. The molecule has 3 rings (SSSR count). The molecule has 0 spiro atoms. The molecule has 2 heterocycles. The Kier molecular flexibility index (Phi) is 5.33. The second kappa shape index (κ2) is 7.30. The Morgan fingerprint density at radius 1 is 1.12 bits per heavy atom. The number of benzene rings is 1. The normalized spacial score (nSPS) is 25.0. The van der Waals surface area contributed by atoms with Gasteiger partial charge in [-0.2, -0.15) is 0 Å². The van der Waals surface area contributed by atoms with Crippen molar-refractivity contribution in [1.82, 2.24) is 4.90 Å². The average molecular weight is 372 g/mol. The quantitative estimate of drug-likeness (QED) is 0.884. The molecule has 1 N–H and O–H groups in total. The van der Waals surface area contributed by atoms with Gasteiger partial charge in [0.1, 0.15) is 0 Å². The second-order valence-corrected chi connectivity index (χ2v) is 7.14. The highest BCUT2D eigenvalue weighted by Gasteiger charge is 2.40. The first-order chi connectivity index (χ1) is 11.5. The van der Waals surface area contributed by atoms with Crippen molar-refractivity contribution in [2.24, 2.45) is 11.8 Å². The van der Waals surface area contributed by atoms with Crippen molar-refractivity contribution >= 4 is 35.1 Å². The van der Waals surface area contributed by atoms with Crippen LogP contribution < -0.4 is 0 Å². The molecule has 1 aromatic rings. The van der Waals surface area contributed by atoms with Crippen molar-refractivity contribution in [3.05, 3.63) is 33.8 Å². The van der Waals surface area contributed by atoms with Gasteiger partial charge in [-0.05, 0) is 43.4 Å². The molecule has 5 nitrogen and oxygen atoms in total. The van der Waals surface area contributed by atoms with Crippen molar-refractivity contribution < 1.29 is 19.4 Å². The lowest BCUT2D eigenvalue weighted by molar-refractivity contribution is -0.145. The maximum Gasteiger partial charge on any atom is 0.309 e. The number of piperidine rings is 1. The molecule has 2 fully saturated rings. The number of carboxylic acid groups (broad SMARTS) is 1. The van der Waals surface area contributed by atoms with Crippen LogP contribution >= 0.6 is 23.2 Å². The molecular weight excluding hydrogens is 353 g/mol. The van der Waals surface area contributed by atoms with Crippen molar-refractivity contribution in [2.75, 3.05) is 19.7 Å². The molecule has 1 unspecified atom stereocenters. The fourth-order valence-corrected chi connectivity index (χ4v) is 3.88. The molecule has 0 saturated carbocycles. The summed E-state index contributed by atoms with van der Waals surface area (Å²) in [6.07, 6.45) is 1.84. The van der Waals surface area contributed by atoms with E-state index in [0.29, 0.717) is 41.7 Å². The summed E-state index contributed by atoms with van der Waals surface area (Å²) >= 11 is 11.9. The van der Waals surface area contributed by atoms with E-state index >= 15 is 0 Å². The monoisotopic (exact) mass is 371 g/mol. The third-order valence-electron chi connectivity index (χ3n) is 4.91. The van der Waals surface area contributed by atoms with Crippen LogP contribution in [0.1, 0.15) is 29.6 Å². The standard InChI is InChI=1S/C17H19Cl2NO4/c18-13-2-1-11(9-14(13)19)16(21)20-6-3-10(4-7-20)15-12(17(22)23)5-8-24-15/h1-2,9-10,12,15H,3-8H2,(H,22,23)/t12?,15-/m0/s1.